The molecule has 0 spiro atoms. The van der Waals surface area contributed by atoms with Crippen LogP contribution in [-0.4, -0.2) is 31.0 Å². The number of aliphatic hydroxyl groups excluding tert-OH is 1. The third-order valence-corrected chi connectivity index (χ3v) is 5.07. The lowest BCUT2D eigenvalue weighted by Crippen LogP contribution is -2.49. The van der Waals surface area contributed by atoms with Crippen molar-refractivity contribution >= 4 is 0 Å². The molecule has 0 saturated heterocycles. The maximum absolute atomic E-state index is 10.8. The second-order valence-electron chi connectivity index (χ2n) is 6.96. The van der Waals surface area contributed by atoms with E-state index in [2.05, 4.69) is 13.8 Å². The molecule has 118 valence electrons. The van der Waals surface area contributed by atoms with Crippen LogP contribution >= 0.6 is 0 Å². The van der Waals surface area contributed by atoms with Crippen molar-refractivity contribution in [1.82, 2.24) is 0 Å². The van der Waals surface area contributed by atoms with Gasteiger partial charge in [-0.2, -0.15) is 0 Å². The minimum absolute atomic E-state index is 0.353. The van der Waals surface area contributed by atoms with Crippen LogP contribution in [0.15, 0.2) is 24.3 Å². The molecule has 1 atom stereocenters. The first-order valence-electron chi connectivity index (χ1n) is 7.77. The highest BCUT2D eigenvalue weighted by molar-refractivity contribution is 5.34. The van der Waals surface area contributed by atoms with E-state index < -0.39 is 11.7 Å². The van der Waals surface area contributed by atoms with Crippen molar-refractivity contribution in [3.05, 3.63) is 29.8 Å². The van der Waals surface area contributed by atoms with Gasteiger partial charge in [-0.3, -0.25) is 0 Å². The van der Waals surface area contributed by atoms with E-state index >= 15 is 0 Å². The molecule has 1 aliphatic rings. The summed E-state index contributed by atoms with van der Waals surface area (Å²) in [6.45, 7) is 4.58. The Morgan fingerprint density at radius 1 is 1.10 bits per heavy atom. The van der Waals surface area contributed by atoms with Crippen LogP contribution in [0.1, 0.15) is 45.1 Å². The monoisotopic (exact) mass is 292 g/mol. The summed E-state index contributed by atoms with van der Waals surface area (Å²) in [6, 6.07) is 7.88. The predicted octanol–water partition coefficient (Wildman–Crippen LogP) is 3.58. The lowest BCUT2D eigenvalue weighted by molar-refractivity contribution is -0.135. The number of ether oxygens (including phenoxy) is 2. The van der Waals surface area contributed by atoms with Gasteiger partial charge >= 0.3 is 0 Å². The number of para-hydroxylation sites is 1. The summed E-state index contributed by atoms with van der Waals surface area (Å²) < 4.78 is 11.2. The van der Waals surface area contributed by atoms with E-state index in [4.69, 9.17) is 9.47 Å². The number of aliphatic hydroxyl groups is 1. The molecule has 21 heavy (non-hydrogen) atoms. The molecule has 2 rings (SSSR count). The van der Waals surface area contributed by atoms with Crippen LogP contribution in [0.3, 0.4) is 0 Å². The molecule has 1 aromatic rings. The highest BCUT2D eigenvalue weighted by Crippen LogP contribution is 2.44. The Balaban J connectivity index is 2.12. The SMILES string of the molecule is COc1ccccc1CC(O)C1(OC)CCC(C)(C)CC1. The predicted molar refractivity (Wildman–Crippen MR) is 84.7 cm³/mol. The van der Waals surface area contributed by atoms with Crippen molar-refractivity contribution in [2.45, 2.75) is 57.7 Å². The molecule has 0 bridgehead atoms. The van der Waals surface area contributed by atoms with Gasteiger partial charge in [-0.05, 0) is 42.7 Å². The van der Waals surface area contributed by atoms with E-state index in [-0.39, 0.29) is 0 Å². The largest absolute Gasteiger partial charge is 0.496 e. The fourth-order valence-corrected chi connectivity index (χ4v) is 3.29. The first-order valence-corrected chi connectivity index (χ1v) is 7.77. The fraction of sp³-hybridized carbons (Fsp3) is 0.667. The van der Waals surface area contributed by atoms with Gasteiger partial charge in [0.25, 0.3) is 0 Å². The average molecular weight is 292 g/mol. The smallest absolute Gasteiger partial charge is 0.122 e. The summed E-state index contributed by atoms with van der Waals surface area (Å²) in [5.74, 6) is 0.832. The molecule has 0 heterocycles. The van der Waals surface area contributed by atoms with Crippen molar-refractivity contribution in [2.24, 2.45) is 5.41 Å². The minimum Gasteiger partial charge on any atom is -0.496 e. The second-order valence-corrected chi connectivity index (χ2v) is 6.96. The Hall–Kier alpha value is -1.06. The number of hydrogen-bond acceptors (Lipinski definition) is 3. The molecule has 3 nitrogen and oxygen atoms in total. The molecule has 0 amide bonds. The van der Waals surface area contributed by atoms with Crippen molar-refractivity contribution < 1.29 is 14.6 Å². The molecular weight excluding hydrogens is 264 g/mol. The number of benzene rings is 1. The Bertz CT molecular complexity index is 457. The third-order valence-electron chi connectivity index (χ3n) is 5.07. The van der Waals surface area contributed by atoms with Crippen LogP contribution in [0.4, 0.5) is 0 Å². The minimum atomic E-state index is -0.505. The van der Waals surface area contributed by atoms with E-state index in [9.17, 15) is 5.11 Å². The van der Waals surface area contributed by atoms with Crippen molar-refractivity contribution in [2.75, 3.05) is 14.2 Å². The number of hydrogen-bond donors (Lipinski definition) is 1. The summed E-state index contributed by atoms with van der Waals surface area (Å²) in [5, 5.41) is 10.8. The average Bonchev–Trinajstić information content (AvgIpc) is 2.48. The quantitative estimate of drug-likeness (QED) is 0.901. The maximum atomic E-state index is 10.8. The van der Waals surface area contributed by atoms with Gasteiger partial charge in [-0.25, -0.2) is 0 Å². The Labute approximate surface area is 128 Å². The van der Waals surface area contributed by atoms with E-state index in [1.807, 2.05) is 24.3 Å². The first-order chi connectivity index (χ1) is 9.92. The van der Waals surface area contributed by atoms with Gasteiger partial charge in [-0.1, -0.05) is 32.0 Å². The number of methoxy groups -OCH3 is 2. The van der Waals surface area contributed by atoms with E-state index in [0.717, 1.165) is 37.0 Å². The summed E-state index contributed by atoms with van der Waals surface area (Å²) >= 11 is 0. The van der Waals surface area contributed by atoms with E-state index in [1.54, 1.807) is 14.2 Å². The van der Waals surface area contributed by atoms with Gasteiger partial charge in [0.1, 0.15) is 5.75 Å². The molecule has 0 aliphatic heterocycles. The van der Waals surface area contributed by atoms with Gasteiger partial charge in [0.2, 0.25) is 0 Å². The molecule has 3 heteroatoms. The first kappa shape index (κ1) is 16.3. The molecule has 1 unspecified atom stereocenters. The fourth-order valence-electron chi connectivity index (χ4n) is 3.29. The van der Waals surface area contributed by atoms with E-state index in [0.29, 0.717) is 11.8 Å². The zero-order valence-corrected chi connectivity index (χ0v) is 13.7. The zero-order chi connectivity index (χ0) is 15.5. The van der Waals surface area contributed by atoms with Crippen LogP contribution in [-0.2, 0) is 11.2 Å². The Kier molecular flexibility index (Phi) is 4.95. The highest BCUT2D eigenvalue weighted by atomic mass is 16.5. The van der Waals surface area contributed by atoms with Crippen LogP contribution in [0, 0.1) is 5.41 Å². The summed E-state index contributed by atoms with van der Waals surface area (Å²) in [7, 11) is 3.39. The van der Waals surface area contributed by atoms with Gasteiger partial charge in [0.15, 0.2) is 0 Å². The zero-order valence-electron chi connectivity index (χ0n) is 13.7. The number of rotatable bonds is 5. The molecule has 0 radical (unpaired) electrons. The molecular formula is C18H28O3. The molecule has 1 saturated carbocycles. The van der Waals surface area contributed by atoms with Gasteiger partial charge in [0, 0.05) is 13.5 Å². The molecule has 1 fully saturated rings. The topological polar surface area (TPSA) is 38.7 Å². The van der Waals surface area contributed by atoms with Gasteiger partial charge < -0.3 is 14.6 Å². The van der Waals surface area contributed by atoms with Crippen molar-refractivity contribution in [1.29, 1.82) is 0 Å². The lowest BCUT2D eigenvalue weighted by atomic mass is 9.68. The Morgan fingerprint density at radius 2 is 1.71 bits per heavy atom. The van der Waals surface area contributed by atoms with Crippen LogP contribution in [0.5, 0.6) is 5.75 Å². The standard InChI is InChI=1S/C18H28O3/c1-17(2)9-11-18(21-4,12-10-17)16(19)13-14-7-5-6-8-15(14)20-3/h5-8,16,19H,9-13H2,1-4H3. The summed E-state index contributed by atoms with van der Waals surface area (Å²) in [6.07, 6.45) is 4.06. The van der Waals surface area contributed by atoms with Crippen LogP contribution < -0.4 is 4.74 Å². The summed E-state index contributed by atoms with van der Waals surface area (Å²) in [4.78, 5) is 0. The van der Waals surface area contributed by atoms with Crippen LogP contribution in [0.2, 0.25) is 0 Å². The van der Waals surface area contributed by atoms with Gasteiger partial charge in [-0.15, -0.1) is 0 Å². The normalized spacial score (nSPS) is 21.8. The molecule has 1 aliphatic carbocycles. The molecule has 1 N–H and O–H groups in total. The van der Waals surface area contributed by atoms with E-state index in [1.165, 1.54) is 0 Å². The van der Waals surface area contributed by atoms with Crippen molar-refractivity contribution in [3.63, 3.8) is 0 Å². The van der Waals surface area contributed by atoms with Gasteiger partial charge in [0.05, 0.1) is 18.8 Å². The molecule has 1 aromatic carbocycles. The highest BCUT2D eigenvalue weighted by Gasteiger charge is 2.43. The molecule has 0 aromatic heterocycles. The Morgan fingerprint density at radius 3 is 2.29 bits per heavy atom. The van der Waals surface area contributed by atoms with Crippen LogP contribution in [0.25, 0.3) is 0 Å². The van der Waals surface area contributed by atoms with Crippen molar-refractivity contribution in [3.8, 4) is 5.75 Å². The summed E-state index contributed by atoms with van der Waals surface area (Å²) in [5.41, 5.74) is 0.969. The second kappa shape index (κ2) is 6.37. The maximum Gasteiger partial charge on any atom is 0.122 e. The third kappa shape index (κ3) is 3.58. The lowest BCUT2D eigenvalue weighted by Gasteiger charge is -2.45.